The van der Waals surface area contributed by atoms with Gasteiger partial charge in [0.25, 0.3) is 5.91 Å². The second-order valence-corrected chi connectivity index (χ2v) is 5.50. The summed E-state index contributed by atoms with van der Waals surface area (Å²) in [7, 11) is 0. The highest BCUT2D eigenvalue weighted by Gasteiger charge is 2.38. The van der Waals surface area contributed by atoms with E-state index in [1.54, 1.807) is 0 Å². The summed E-state index contributed by atoms with van der Waals surface area (Å²) in [6.07, 6.45) is 5.01. The van der Waals surface area contributed by atoms with Crippen molar-refractivity contribution in [3.05, 3.63) is 0 Å². The first-order valence-electron chi connectivity index (χ1n) is 7.32. The Bertz CT molecular complexity index is 342. The number of piperidine rings is 1. The molecule has 19 heavy (non-hydrogen) atoms. The van der Waals surface area contributed by atoms with E-state index < -0.39 is 18.2 Å². The SMILES string of the molecule is CCCC1CCCCN1C(=O)C1CCC(C(=O)O)O1. The zero-order chi connectivity index (χ0) is 13.8. The molecule has 3 unspecified atom stereocenters. The summed E-state index contributed by atoms with van der Waals surface area (Å²) in [6, 6.07) is 0.318. The van der Waals surface area contributed by atoms with Crippen LogP contribution in [0.1, 0.15) is 51.9 Å². The maximum absolute atomic E-state index is 12.5. The molecule has 0 aromatic carbocycles. The fourth-order valence-electron chi connectivity index (χ4n) is 3.11. The maximum Gasteiger partial charge on any atom is 0.332 e. The lowest BCUT2D eigenvalue weighted by Gasteiger charge is -2.37. The minimum atomic E-state index is -0.959. The topological polar surface area (TPSA) is 66.8 Å². The molecule has 2 fully saturated rings. The number of rotatable bonds is 4. The molecule has 0 aromatic rings. The smallest absolute Gasteiger partial charge is 0.332 e. The number of carbonyl (C=O) groups excluding carboxylic acids is 1. The van der Waals surface area contributed by atoms with Crippen LogP contribution in [0.5, 0.6) is 0 Å². The quantitative estimate of drug-likeness (QED) is 0.845. The number of likely N-dealkylation sites (tertiary alicyclic amines) is 1. The van der Waals surface area contributed by atoms with E-state index in [0.29, 0.717) is 18.9 Å². The van der Waals surface area contributed by atoms with Crippen molar-refractivity contribution in [2.45, 2.75) is 70.1 Å². The summed E-state index contributed by atoms with van der Waals surface area (Å²) < 4.78 is 5.37. The lowest BCUT2D eigenvalue weighted by molar-refractivity contribution is -0.156. The zero-order valence-corrected chi connectivity index (χ0v) is 11.5. The summed E-state index contributed by atoms with van der Waals surface area (Å²) in [5.41, 5.74) is 0. The fourth-order valence-corrected chi connectivity index (χ4v) is 3.11. The van der Waals surface area contributed by atoms with Crippen molar-refractivity contribution < 1.29 is 19.4 Å². The first kappa shape index (κ1) is 14.3. The van der Waals surface area contributed by atoms with E-state index in [2.05, 4.69) is 6.92 Å². The summed E-state index contributed by atoms with van der Waals surface area (Å²) in [6.45, 7) is 2.92. The Balaban J connectivity index is 1.96. The molecule has 5 heteroatoms. The molecule has 0 spiro atoms. The minimum Gasteiger partial charge on any atom is -0.479 e. The average Bonchev–Trinajstić information content (AvgIpc) is 2.89. The fraction of sp³-hybridized carbons (Fsp3) is 0.857. The summed E-state index contributed by atoms with van der Waals surface area (Å²) in [5, 5.41) is 8.91. The third kappa shape index (κ3) is 3.26. The Morgan fingerprint density at radius 3 is 2.58 bits per heavy atom. The van der Waals surface area contributed by atoms with Gasteiger partial charge in [0.05, 0.1) is 0 Å². The molecular formula is C14H23NO4. The van der Waals surface area contributed by atoms with Crippen LogP contribution in [0.4, 0.5) is 0 Å². The van der Waals surface area contributed by atoms with E-state index in [-0.39, 0.29) is 5.91 Å². The Morgan fingerprint density at radius 2 is 1.95 bits per heavy atom. The molecular weight excluding hydrogens is 246 g/mol. The average molecular weight is 269 g/mol. The van der Waals surface area contributed by atoms with E-state index in [4.69, 9.17) is 9.84 Å². The van der Waals surface area contributed by atoms with Crippen molar-refractivity contribution in [2.75, 3.05) is 6.54 Å². The first-order valence-corrected chi connectivity index (χ1v) is 7.32. The van der Waals surface area contributed by atoms with Crippen molar-refractivity contribution in [1.82, 2.24) is 4.90 Å². The number of amides is 1. The number of ether oxygens (including phenoxy) is 1. The monoisotopic (exact) mass is 269 g/mol. The molecule has 1 N–H and O–H groups in total. The molecule has 5 nitrogen and oxygen atoms in total. The van der Waals surface area contributed by atoms with Gasteiger partial charge in [-0.3, -0.25) is 4.79 Å². The van der Waals surface area contributed by atoms with E-state index in [0.717, 1.165) is 32.2 Å². The van der Waals surface area contributed by atoms with Gasteiger partial charge in [-0.25, -0.2) is 4.79 Å². The third-order valence-electron chi connectivity index (χ3n) is 4.10. The van der Waals surface area contributed by atoms with Gasteiger partial charge in [0.15, 0.2) is 6.10 Å². The molecule has 0 aliphatic carbocycles. The van der Waals surface area contributed by atoms with Gasteiger partial charge in [-0.1, -0.05) is 13.3 Å². The van der Waals surface area contributed by atoms with Gasteiger partial charge >= 0.3 is 5.97 Å². The molecule has 108 valence electrons. The predicted octanol–water partition coefficient (Wildman–Crippen LogP) is 1.80. The van der Waals surface area contributed by atoms with Crippen molar-refractivity contribution in [3.63, 3.8) is 0 Å². The molecule has 2 rings (SSSR count). The van der Waals surface area contributed by atoms with Crippen LogP contribution in [0.2, 0.25) is 0 Å². The second kappa shape index (κ2) is 6.37. The van der Waals surface area contributed by atoms with Crippen LogP contribution < -0.4 is 0 Å². The largest absolute Gasteiger partial charge is 0.479 e. The van der Waals surface area contributed by atoms with Crippen LogP contribution in [0.15, 0.2) is 0 Å². The van der Waals surface area contributed by atoms with Crippen molar-refractivity contribution in [2.24, 2.45) is 0 Å². The van der Waals surface area contributed by atoms with Gasteiger partial charge in [0.1, 0.15) is 6.10 Å². The molecule has 0 saturated carbocycles. The Morgan fingerprint density at radius 1 is 1.21 bits per heavy atom. The number of hydrogen-bond donors (Lipinski definition) is 1. The van der Waals surface area contributed by atoms with Gasteiger partial charge in [0, 0.05) is 12.6 Å². The highest BCUT2D eigenvalue weighted by atomic mass is 16.5. The van der Waals surface area contributed by atoms with E-state index in [1.165, 1.54) is 6.42 Å². The Hall–Kier alpha value is -1.10. The van der Waals surface area contributed by atoms with Crippen LogP contribution in [0, 0.1) is 0 Å². The maximum atomic E-state index is 12.5. The highest BCUT2D eigenvalue weighted by Crippen LogP contribution is 2.26. The number of carbonyl (C=O) groups is 2. The van der Waals surface area contributed by atoms with Crippen molar-refractivity contribution >= 4 is 11.9 Å². The number of nitrogens with zero attached hydrogens (tertiary/aromatic N) is 1. The Labute approximate surface area is 113 Å². The molecule has 1 amide bonds. The van der Waals surface area contributed by atoms with E-state index >= 15 is 0 Å². The van der Waals surface area contributed by atoms with Gasteiger partial charge in [-0.05, 0) is 38.5 Å². The predicted molar refractivity (Wildman–Crippen MR) is 69.8 cm³/mol. The normalized spacial score (nSPS) is 31.4. The number of carboxylic acids is 1. The molecule has 3 atom stereocenters. The lowest BCUT2D eigenvalue weighted by atomic mass is 9.97. The lowest BCUT2D eigenvalue weighted by Crippen LogP contribution is -2.48. The molecule has 0 aromatic heterocycles. The standard InChI is InChI=1S/C14H23NO4/c1-2-5-10-6-3-4-9-15(10)13(16)11-7-8-12(19-11)14(17)18/h10-12H,2-9H2,1H3,(H,17,18). The first-order chi connectivity index (χ1) is 9.13. The summed E-state index contributed by atoms with van der Waals surface area (Å²) >= 11 is 0. The molecule has 2 heterocycles. The van der Waals surface area contributed by atoms with Gasteiger partial charge < -0.3 is 14.7 Å². The van der Waals surface area contributed by atoms with Crippen molar-refractivity contribution in [1.29, 1.82) is 0 Å². The van der Waals surface area contributed by atoms with Gasteiger partial charge in [-0.15, -0.1) is 0 Å². The van der Waals surface area contributed by atoms with Gasteiger partial charge in [0.2, 0.25) is 0 Å². The van der Waals surface area contributed by atoms with Crippen LogP contribution >= 0.6 is 0 Å². The van der Waals surface area contributed by atoms with Gasteiger partial charge in [-0.2, -0.15) is 0 Å². The van der Waals surface area contributed by atoms with E-state index in [9.17, 15) is 9.59 Å². The molecule has 2 aliphatic heterocycles. The second-order valence-electron chi connectivity index (χ2n) is 5.50. The number of aliphatic carboxylic acids is 1. The number of carboxylic acid groups (broad SMARTS) is 1. The Kier molecular flexibility index (Phi) is 4.80. The third-order valence-corrected chi connectivity index (χ3v) is 4.10. The molecule has 2 aliphatic rings. The zero-order valence-electron chi connectivity index (χ0n) is 11.5. The number of hydrogen-bond acceptors (Lipinski definition) is 3. The van der Waals surface area contributed by atoms with Crippen molar-refractivity contribution in [3.8, 4) is 0 Å². The summed E-state index contributed by atoms with van der Waals surface area (Å²) in [5.74, 6) is -0.957. The minimum absolute atomic E-state index is 0.00176. The van der Waals surface area contributed by atoms with Crippen LogP contribution in [-0.2, 0) is 14.3 Å². The van der Waals surface area contributed by atoms with E-state index in [1.807, 2.05) is 4.90 Å². The highest BCUT2D eigenvalue weighted by molar-refractivity contribution is 5.83. The molecule has 0 bridgehead atoms. The van der Waals surface area contributed by atoms with Crippen LogP contribution in [-0.4, -0.2) is 46.7 Å². The molecule has 2 saturated heterocycles. The van der Waals surface area contributed by atoms with Crippen LogP contribution in [0.3, 0.4) is 0 Å². The summed E-state index contributed by atoms with van der Waals surface area (Å²) in [4.78, 5) is 25.3. The molecule has 0 radical (unpaired) electrons. The van der Waals surface area contributed by atoms with Crippen LogP contribution in [0.25, 0.3) is 0 Å².